The zero-order valence-corrected chi connectivity index (χ0v) is 48.3. The summed E-state index contributed by atoms with van der Waals surface area (Å²) in [6, 6.07) is 0. The predicted octanol–water partition coefficient (Wildman–Crippen LogP) is 18.7. The SMILES string of the molecule is CCCCCCCCCC(CCCCCCCCC)CCC(=O)OCC12CC3CC(COC(=O)CCCN(CC)CC)(C1)C(COC(=O)CCC(CCCCCCCCC)CCCCCCCCC)(C3)C2. The number of rotatable bonds is 50. The lowest BCUT2D eigenvalue weighted by molar-refractivity contribution is -0.157. The molecule has 0 aliphatic heterocycles. The third-order valence-electron chi connectivity index (χ3n) is 18.3. The molecule has 4 aliphatic rings. The van der Waals surface area contributed by atoms with Gasteiger partial charge in [-0.2, -0.15) is 0 Å². The highest BCUT2D eigenvalue weighted by molar-refractivity contribution is 5.70. The van der Waals surface area contributed by atoms with Gasteiger partial charge in [-0.25, -0.2) is 0 Å². The van der Waals surface area contributed by atoms with Gasteiger partial charge in [-0.05, 0) is 88.8 Å². The van der Waals surface area contributed by atoms with Gasteiger partial charge in [0, 0.05) is 35.5 Å². The summed E-state index contributed by atoms with van der Waals surface area (Å²) in [7, 11) is 0. The number of hydrogen-bond acceptors (Lipinski definition) is 7. The Bertz CT molecular complexity index is 1310. The molecule has 4 saturated carbocycles. The van der Waals surface area contributed by atoms with E-state index in [2.05, 4.69) is 46.4 Å². The third-order valence-corrected chi connectivity index (χ3v) is 18.3. The van der Waals surface area contributed by atoms with Gasteiger partial charge in [-0.15, -0.1) is 0 Å². The van der Waals surface area contributed by atoms with Crippen molar-refractivity contribution in [3.8, 4) is 0 Å². The highest BCUT2D eigenvalue weighted by atomic mass is 16.5. The van der Waals surface area contributed by atoms with E-state index in [1.807, 2.05) is 0 Å². The molecule has 0 saturated heterocycles. The first-order valence-electron chi connectivity index (χ1n) is 31.8. The molecule has 0 spiro atoms. The highest BCUT2D eigenvalue weighted by Crippen LogP contribution is 2.76. The Kier molecular flexibility index (Phi) is 34.8. The van der Waals surface area contributed by atoms with E-state index in [1.165, 1.54) is 205 Å². The van der Waals surface area contributed by atoms with E-state index in [9.17, 15) is 14.4 Å². The zero-order valence-electron chi connectivity index (χ0n) is 48.3. The van der Waals surface area contributed by atoms with Crippen molar-refractivity contribution in [1.29, 1.82) is 0 Å². The van der Waals surface area contributed by atoms with Crippen molar-refractivity contribution in [2.45, 2.75) is 318 Å². The first-order chi connectivity index (χ1) is 34.6. The first kappa shape index (κ1) is 63.7. The normalized spacial score (nSPS) is 21.3. The number of carbonyl (C=O) groups is 3. The van der Waals surface area contributed by atoms with E-state index in [-0.39, 0.29) is 34.2 Å². The fourth-order valence-corrected chi connectivity index (χ4v) is 14.2. The summed E-state index contributed by atoms with van der Waals surface area (Å²) < 4.78 is 19.1. The van der Waals surface area contributed by atoms with Crippen LogP contribution in [-0.2, 0) is 28.6 Å². The minimum Gasteiger partial charge on any atom is -0.465 e. The van der Waals surface area contributed by atoms with Crippen LogP contribution < -0.4 is 0 Å². The Labute approximate surface area is 440 Å². The summed E-state index contributed by atoms with van der Waals surface area (Å²) in [6.07, 6.45) is 51.0. The lowest BCUT2D eigenvalue weighted by Crippen LogP contribution is -2.41. The van der Waals surface area contributed by atoms with E-state index in [0.29, 0.717) is 56.8 Å². The lowest BCUT2D eigenvalue weighted by Gasteiger charge is -2.40. The second-order valence-electron chi connectivity index (χ2n) is 24.5. The van der Waals surface area contributed by atoms with E-state index < -0.39 is 0 Å². The average molecular weight is 999 g/mol. The monoisotopic (exact) mass is 998 g/mol. The van der Waals surface area contributed by atoms with Crippen molar-refractivity contribution in [1.82, 2.24) is 4.90 Å². The van der Waals surface area contributed by atoms with Crippen LogP contribution in [0.1, 0.15) is 318 Å². The van der Waals surface area contributed by atoms with Crippen LogP contribution in [0.2, 0.25) is 0 Å². The van der Waals surface area contributed by atoms with Crippen LogP contribution in [0.4, 0.5) is 0 Å². The number of unbranched alkanes of at least 4 members (excludes halogenated alkanes) is 24. The quantitative estimate of drug-likeness (QED) is 0.0341. The summed E-state index contributed by atoms with van der Waals surface area (Å²) >= 11 is 0. The van der Waals surface area contributed by atoms with E-state index in [4.69, 9.17) is 14.2 Å². The molecule has 7 nitrogen and oxygen atoms in total. The molecule has 0 N–H and O–H groups in total. The van der Waals surface area contributed by atoms with Crippen LogP contribution in [0.25, 0.3) is 0 Å². The molecule has 4 rings (SSSR count). The zero-order chi connectivity index (χ0) is 51.3. The number of carbonyl (C=O) groups excluding carboxylic acids is 3. The maximum absolute atomic E-state index is 13.8. The number of ether oxygens (including phenoxy) is 3. The number of nitrogens with zero attached hydrogens (tertiary/aromatic N) is 1. The van der Waals surface area contributed by atoms with Crippen molar-refractivity contribution in [3.05, 3.63) is 0 Å². The predicted molar refractivity (Wildman–Crippen MR) is 300 cm³/mol. The topological polar surface area (TPSA) is 82.1 Å². The maximum Gasteiger partial charge on any atom is 0.305 e. The van der Waals surface area contributed by atoms with Gasteiger partial charge in [0.05, 0.1) is 19.8 Å². The Morgan fingerprint density at radius 3 is 1.07 bits per heavy atom. The molecule has 4 atom stereocenters. The van der Waals surface area contributed by atoms with E-state index >= 15 is 0 Å². The van der Waals surface area contributed by atoms with Gasteiger partial charge in [0.2, 0.25) is 0 Å². The molecule has 4 fully saturated rings. The summed E-state index contributed by atoms with van der Waals surface area (Å²) in [5, 5.41) is 0. The van der Waals surface area contributed by atoms with Gasteiger partial charge in [-0.3, -0.25) is 14.4 Å². The summed E-state index contributed by atoms with van der Waals surface area (Å²) in [5.74, 6) is 1.46. The molecule has 0 aromatic rings. The largest absolute Gasteiger partial charge is 0.465 e. The smallest absolute Gasteiger partial charge is 0.305 e. The van der Waals surface area contributed by atoms with Crippen LogP contribution in [0.3, 0.4) is 0 Å². The Morgan fingerprint density at radius 2 is 0.718 bits per heavy atom. The van der Waals surface area contributed by atoms with Gasteiger partial charge in [-0.1, -0.05) is 247 Å². The van der Waals surface area contributed by atoms with Gasteiger partial charge in [0.1, 0.15) is 0 Å². The Hall–Kier alpha value is -1.63. The molecular weight excluding hydrogens is 879 g/mol. The molecule has 71 heavy (non-hydrogen) atoms. The molecule has 0 amide bonds. The molecule has 0 radical (unpaired) electrons. The standard InChI is InChI=1S/C64H119NO6/c1-7-13-17-21-25-29-33-38-56(39-34-30-26-22-18-14-8-2)43-45-60(67)69-53-62-48-58-49-63(51-62,54-70-59(66)42-37-47-65(11-5)12-6)64(50-58,52-62)55-71-61(68)46-44-57(40-35-31-27-23-19-15-9-3)41-36-32-28-24-20-16-10-4/h56-58H,7-55H2,1-6H3. The van der Waals surface area contributed by atoms with Crippen molar-refractivity contribution in [2.24, 2.45) is 34.0 Å². The van der Waals surface area contributed by atoms with Gasteiger partial charge in [0.15, 0.2) is 0 Å². The molecule has 0 aromatic carbocycles. The molecule has 4 aliphatic carbocycles. The minimum atomic E-state index is -0.244. The van der Waals surface area contributed by atoms with Gasteiger partial charge < -0.3 is 19.1 Å². The van der Waals surface area contributed by atoms with Crippen LogP contribution in [0.5, 0.6) is 0 Å². The summed E-state index contributed by atoms with van der Waals surface area (Å²) in [5.41, 5.74) is -0.635. The van der Waals surface area contributed by atoms with Crippen LogP contribution in [0, 0.1) is 34.0 Å². The van der Waals surface area contributed by atoms with Crippen LogP contribution >= 0.6 is 0 Å². The molecule has 4 bridgehead atoms. The first-order valence-corrected chi connectivity index (χ1v) is 31.8. The summed E-state index contributed by atoms with van der Waals surface area (Å²) in [4.78, 5) is 43.3. The fourth-order valence-electron chi connectivity index (χ4n) is 14.2. The van der Waals surface area contributed by atoms with Crippen molar-refractivity contribution >= 4 is 17.9 Å². The molecule has 416 valence electrons. The van der Waals surface area contributed by atoms with E-state index in [1.54, 1.807) is 0 Å². The lowest BCUT2D eigenvalue weighted by atomic mass is 9.67. The van der Waals surface area contributed by atoms with Gasteiger partial charge in [0.25, 0.3) is 0 Å². The highest BCUT2D eigenvalue weighted by Gasteiger charge is 2.72. The Balaban J connectivity index is 1.63. The van der Waals surface area contributed by atoms with Crippen molar-refractivity contribution in [2.75, 3.05) is 39.5 Å². The van der Waals surface area contributed by atoms with Gasteiger partial charge >= 0.3 is 17.9 Å². The van der Waals surface area contributed by atoms with Crippen molar-refractivity contribution < 1.29 is 28.6 Å². The average Bonchev–Trinajstić information content (AvgIpc) is 3.70. The van der Waals surface area contributed by atoms with Crippen LogP contribution in [-0.4, -0.2) is 62.3 Å². The fraction of sp³-hybridized carbons (Fsp3) is 0.953. The number of hydrogen-bond donors (Lipinski definition) is 0. The molecule has 0 aromatic heterocycles. The van der Waals surface area contributed by atoms with Crippen LogP contribution in [0.15, 0.2) is 0 Å². The summed E-state index contributed by atoms with van der Waals surface area (Å²) in [6.45, 7) is 17.6. The molecule has 7 heteroatoms. The maximum atomic E-state index is 13.8. The molecular formula is C64H119NO6. The molecule has 4 unspecified atom stereocenters. The van der Waals surface area contributed by atoms with Crippen molar-refractivity contribution in [3.63, 3.8) is 0 Å². The third kappa shape index (κ3) is 25.6. The number of esters is 3. The second kappa shape index (κ2) is 38.9. The minimum absolute atomic E-state index is 0.0390. The Morgan fingerprint density at radius 1 is 0.394 bits per heavy atom. The second-order valence-corrected chi connectivity index (χ2v) is 24.5. The van der Waals surface area contributed by atoms with E-state index in [0.717, 1.165) is 71.0 Å². The molecule has 0 heterocycles.